The largest absolute Gasteiger partial charge is 0.282 e. The van der Waals surface area contributed by atoms with Gasteiger partial charge in [0.1, 0.15) is 11.4 Å². The molecule has 1 fully saturated rings. The summed E-state index contributed by atoms with van der Waals surface area (Å²) < 4.78 is 25.4. The van der Waals surface area contributed by atoms with Crippen LogP contribution >= 0.6 is 0 Å². The van der Waals surface area contributed by atoms with Crippen LogP contribution in [0.3, 0.4) is 0 Å². The number of aromatic nitrogens is 4. The van der Waals surface area contributed by atoms with Crippen molar-refractivity contribution >= 4 is 10.0 Å². The van der Waals surface area contributed by atoms with E-state index in [1.807, 2.05) is 13.0 Å². The molecule has 2 aromatic rings. The fourth-order valence-corrected chi connectivity index (χ4v) is 3.87. The molecule has 1 saturated heterocycles. The van der Waals surface area contributed by atoms with Gasteiger partial charge in [-0.1, -0.05) is 0 Å². The van der Waals surface area contributed by atoms with Crippen LogP contribution in [0.1, 0.15) is 30.3 Å². The van der Waals surface area contributed by atoms with Crippen molar-refractivity contribution in [3.63, 3.8) is 0 Å². The Balaban J connectivity index is 2.07. The maximum atomic E-state index is 11.9. The number of aromatic amines is 1. The van der Waals surface area contributed by atoms with Crippen LogP contribution in [0.4, 0.5) is 0 Å². The molecule has 21 heavy (non-hydrogen) atoms. The number of H-pyrrole nitrogens is 1. The van der Waals surface area contributed by atoms with Crippen molar-refractivity contribution < 1.29 is 8.42 Å². The summed E-state index contributed by atoms with van der Waals surface area (Å²) in [6, 6.07) is 1.62. The van der Waals surface area contributed by atoms with E-state index in [1.54, 1.807) is 12.4 Å². The minimum absolute atomic E-state index is 0.263. The Bertz CT molecular complexity index is 755. The van der Waals surface area contributed by atoms with E-state index >= 15 is 0 Å². The lowest BCUT2D eigenvalue weighted by Gasteiger charge is -2.22. The Morgan fingerprint density at radius 1 is 1.33 bits per heavy atom. The molecule has 1 N–H and O–H groups in total. The molecular weight excluding hydrogens is 290 g/mol. The monoisotopic (exact) mass is 307 g/mol. The van der Waals surface area contributed by atoms with Crippen LogP contribution < -0.4 is 0 Å². The first-order valence-corrected chi connectivity index (χ1v) is 8.62. The topological polar surface area (TPSA) is 91.8 Å². The normalized spacial score (nSPS) is 20.0. The molecule has 112 valence electrons. The van der Waals surface area contributed by atoms with Crippen molar-refractivity contribution in [3.8, 4) is 11.4 Å². The minimum atomic E-state index is -3.26. The summed E-state index contributed by atoms with van der Waals surface area (Å²) in [7, 11) is -3.26. The number of aryl methyl sites for hydroxylation is 1. The van der Waals surface area contributed by atoms with E-state index in [-0.39, 0.29) is 6.04 Å². The molecule has 0 aromatic carbocycles. The first kappa shape index (κ1) is 14.2. The predicted octanol–water partition coefficient (Wildman–Crippen LogP) is 1.27. The third-order valence-electron chi connectivity index (χ3n) is 3.62. The summed E-state index contributed by atoms with van der Waals surface area (Å²) in [6.07, 6.45) is 6.01. The van der Waals surface area contributed by atoms with Crippen LogP contribution in [0.25, 0.3) is 11.4 Å². The third-order valence-corrected chi connectivity index (χ3v) is 4.91. The van der Waals surface area contributed by atoms with Crippen molar-refractivity contribution in [3.05, 3.63) is 29.8 Å². The Hall–Kier alpha value is -1.80. The molecule has 0 saturated carbocycles. The highest BCUT2D eigenvalue weighted by atomic mass is 32.2. The lowest BCUT2D eigenvalue weighted by atomic mass is 10.1. The van der Waals surface area contributed by atoms with Gasteiger partial charge in [-0.25, -0.2) is 8.42 Å². The van der Waals surface area contributed by atoms with Gasteiger partial charge in [-0.15, -0.1) is 0 Å². The zero-order valence-corrected chi connectivity index (χ0v) is 12.8. The third kappa shape index (κ3) is 2.68. The molecule has 0 bridgehead atoms. The van der Waals surface area contributed by atoms with Crippen molar-refractivity contribution in [1.82, 2.24) is 24.5 Å². The van der Waals surface area contributed by atoms with E-state index in [2.05, 4.69) is 20.2 Å². The standard InChI is InChI=1S/C13H17N5O2S/c1-9-8-10(17-16-9)12-13(15-6-5-14-12)11-4-3-7-18(11)21(2,19)20/h5-6,8,11H,3-4,7H2,1-2H3,(H,16,17). The van der Waals surface area contributed by atoms with Crippen LogP contribution in [-0.2, 0) is 10.0 Å². The molecular formula is C13H17N5O2S. The van der Waals surface area contributed by atoms with Gasteiger partial charge >= 0.3 is 0 Å². The summed E-state index contributed by atoms with van der Waals surface area (Å²) in [4.78, 5) is 8.74. The van der Waals surface area contributed by atoms with Crippen molar-refractivity contribution in [1.29, 1.82) is 0 Å². The lowest BCUT2D eigenvalue weighted by Crippen LogP contribution is -2.30. The molecule has 0 radical (unpaired) electrons. The minimum Gasteiger partial charge on any atom is -0.282 e. The maximum Gasteiger partial charge on any atom is 0.211 e. The SMILES string of the molecule is Cc1cc(-c2nccnc2C2CCCN2S(C)(=O)=O)n[nH]1. The number of sulfonamides is 1. The molecule has 0 amide bonds. The molecule has 7 nitrogen and oxygen atoms in total. The van der Waals surface area contributed by atoms with Crippen LogP contribution in [0.5, 0.6) is 0 Å². The molecule has 1 aliphatic rings. The Morgan fingerprint density at radius 2 is 2.10 bits per heavy atom. The average molecular weight is 307 g/mol. The van der Waals surface area contributed by atoms with E-state index in [0.29, 0.717) is 23.6 Å². The molecule has 0 aliphatic carbocycles. The summed E-state index contributed by atoms with van der Waals surface area (Å²) in [6.45, 7) is 2.43. The van der Waals surface area contributed by atoms with Gasteiger partial charge in [-0.05, 0) is 25.8 Å². The second kappa shape index (κ2) is 5.19. The van der Waals surface area contributed by atoms with Gasteiger partial charge in [0.25, 0.3) is 0 Å². The average Bonchev–Trinajstić information content (AvgIpc) is 3.06. The van der Waals surface area contributed by atoms with Gasteiger partial charge in [-0.2, -0.15) is 9.40 Å². The number of nitrogens with one attached hydrogen (secondary N) is 1. The predicted molar refractivity (Wildman–Crippen MR) is 77.9 cm³/mol. The van der Waals surface area contributed by atoms with Gasteiger partial charge in [0, 0.05) is 24.6 Å². The Morgan fingerprint density at radius 3 is 2.76 bits per heavy atom. The molecule has 8 heteroatoms. The van der Waals surface area contributed by atoms with E-state index in [1.165, 1.54) is 10.6 Å². The lowest BCUT2D eigenvalue weighted by molar-refractivity contribution is 0.394. The van der Waals surface area contributed by atoms with Gasteiger partial charge < -0.3 is 0 Å². The maximum absolute atomic E-state index is 11.9. The first-order chi connectivity index (χ1) is 9.97. The molecule has 1 aliphatic heterocycles. The van der Waals surface area contributed by atoms with E-state index in [9.17, 15) is 8.42 Å². The Kier molecular flexibility index (Phi) is 3.50. The first-order valence-electron chi connectivity index (χ1n) is 6.77. The fraction of sp³-hybridized carbons (Fsp3) is 0.462. The number of rotatable bonds is 3. The number of nitrogens with zero attached hydrogens (tertiary/aromatic N) is 4. The second-order valence-corrected chi connectivity index (χ2v) is 7.19. The van der Waals surface area contributed by atoms with Crippen molar-refractivity contribution in [2.45, 2.75) is 25.8 Å². The highest BCUT2D eigenvalue weighted by molar-refractivity contribution is 7.88. The van der Waals surface area contributed by atoms with Crippen LogP contribution in [0.2, 0.25) is 0 Å². The second-order valence-electron chi connectivity index (χ2n) is 5.26. The van der Waals surface area contributed by atoms with Crippen molar-refractivity contribution in [2.75, 3.05) is 12.8 Å². The van der Waals surface area contributed by atoms with E-state index in [4.69, 9.17) is 0 Å². The highest BCUT2D eigenvalue weighted by Crippen LogP contribution is 2.36. The van der Waals surface area contributed by atoms with Gasteiger partial charge in [0.15, 0.2) is 0 Å². The molecule has 3 rings (SSSR count). The molecule has 2 aromatic heterocycles. The number of hydrogen-bond donors (Lipinski definition) is 1. The van der Waals surface area contributed by atoms with E-state index < -0.39 is 10.0 Å². The summed E-state index contributed by atoms with van der Waals surface area (Å²) in [5.74, 6) is 0. The zero-order chi connectivity index (χ0) is 15.0. The van der Waals surface area contributed by atoms with Crippen LogP contribution in [0, 0.1) is 6.92 Å². The Labute approximate surface area is 123 Å². The molecule has 1 unspecified atom stereocenters. The molecule has 3 heterocycles. The smallest absolute Gasteiger partial charge is 0.211 e. The van der Waals surface area contributed by atoms with E-state index in [0.717, 1.165) is 18.5 Å². The fourth-order valence-electron chi connectivity index (χ4n) is 2.74. The van der Waals surface area contributed by atoms with Crippen molar-refractivity contribution in [2.24, 2.45) is 0 Å². The van der Waals surface area contributed by atoms with Gasteiger partial charge in [0.2, 0.25) is 10.0 Å². The zero-order valence-electron chi connectivity index (χ0n) is 11.9. The summed E-state index contributed by atoms with van der Waals surface area (Å²) >= 11 is 0. The highest BCUT2D eigenvalue weighted by Gasteiger charge is 2.35. The van der Waals surface area contributed by atoms with Gasteiger partial charge in [-0.3, -0.25) is 15.1 Å². The number of hydrogen-bond acceptors (Lipinski definition) is 5. The molecule has 0 spiro atoms. The van der Waals surface area contributed by atoms with Crippen LogP contribution in [0.15, 0.2) is 18.5 Å². The van der Waals surface area contributed by atoms with Crippen LogP contribution in [-0.4, -0.2) is 45.7 Å². The molecule has 1 atom stereocenters. The quantitative estimate of drug-likeness (QED) is 0.922. The van der Waals surface area contributed by atoms with Gasteiger partial charge in [0.05, 0.1) is 18.0 Å². The summed E-state index contributed by atoms with van der Waals surface area (Å²) in [5.41, 5.74) is 2.93. The summed E-state index contributed by atoms with van der Waals surface area (Å²) in [5, 5.41) is 7.09.